The van der Waals surface area contributed by atoms with Crippen molar-refractivity contribution in [2.24, 2.45) is 5.92 Å². The number of benzene rings is 1. The van der Waals surface area contributed by atoms with Gasteiger partial charge in [0.15, 0.2) is 11.6 Å². The average molecular weight is 428 g/mol. The standard InChI is InChI=1S/C18H19ClFN3O4S/c1-27-15-5-4-13(11-14(15)20)22-18(24)12-6-9-23(10-7-12)28(25,26)16-3-2-8-21-17(16)19/h2-5,8,11-12H,6-7,9-10H2,1H3,(H,22,24). The van der Waals surface area contributed by atoms with Gasteiger partial charge in [0, 0.05) is 37.0 Å². The van der Waals surface area contributed by atoms with E-state index in [4.69, 9.17) is 16.3 Å². The molecule has 0 saturated carbocycles. The molecule has 7 nitrogen and oxygen atoms in total. The van der Waals surface area contributed by atoms with Crippen LogP contribution in [0.4, 0.5) is 10.1 Å². The van der Waals surface area contributed by atoms with Gasteiger partial charge in [-0.1, -0.05) is 11.6 Å². The topological polar surface area (TPSA) is 88.6 Å². The van der Waals surface area contributed by atoms with Crippen LogP contribution in [0.15, 0.2) is 41.4 Å². The number of ether oxygens (including phenoxy) is 1. The Morgan fingerprint density at radius 2 is 2.04 bits per heavy atom. The number of anilines is 1. The molecule has 2 aromatic rings. The molecule has 1 N–H and O–H groups in total. The maximum absolute atomic E-state index is 13.8. The maximum atomic E-state index is 13.8. The van der Waals surface area contributed by atoms with Crippen molar-refractivity contribution in [2.45, 2.75) is 17.7 Å². The fourth-order valence-electron chi connectivity index (χ4n) is 3.05. The number of amides is 1. The van der Waals surface area contributed by atoms with Gasteiger partial charge in [0.05, 0.1) is 7.11 Å². The van der Waals surface area contributed by atoms with Crippen molar-refractivity contribution in [3.63, 3.8) is 0 Å². The Balaban J connectivity index is 1.63. The number of methoxy groups -OCH3 is 1. The molecule has 0 radical (unpaired) electrons. The number of aromatic nitrogens is 1. The van der Waals surface area contributed by atoms with Crippen LogP contribution in [0, 0.1) is 11.7 Å². The Bertz CT molecular complexity index is 979. The minimum atomic E-state index is -3.77. The lowest BCUT2D eigenvalue weighted by Crippen LogP contribution is -2.41. The number of hydrogen-bond donors (Lipinski definition) is 1. The Hall–Kier alpha value is -2.23. The lowest BCUT2D eigenvalue weighted by atomic mass is 9.97. The molecule has 1 aliphatic rings. The van der Waals surface area contributed by atoms with Crippen LogP contribution in [0.2, 0.25) is 5.15 Å². The van der Waals surface area contributed by atoms with Gasteiger partial charge in [-0.2, -0.15) is 4.31 Å². The van der Waals surface area contributed by atoms with Crippen LogP contribution in [0.5, 0.6) is 5.75 Å². The first kappa shape index (κ1) is 20.5. The summed E-state index contributed by atoms with van der Waals surface area (Å²) in [5, 5.41) is 2.58. The SMILES string of the molecule is COc1ccc(NC(=O)C2CCN(S(=O)(=O)c3cccnc3Cl)CC2)cc1F. The van der Waals surface area contributed by atoms with E-state index in [1.54, 1.807) is 6.07 Å². The zero-order chi connectivity index (χ0) is 20.3. The molecule has 1 amide bonds. The summed E-state index contributed by atoms with van der Waals surface area (Å²) in [7, 11) is -2.41. The normalized spacial score (nSPS) is 16.0. The molecule has 0 aliphatic carbocycles. The second kappa shape index (κ2) is 8.42. The Morgan fingerprint density at radius 3 is 2.64 bits per heavy atom. The third-order valence-electron chi connectivity index (χ3n) is 4.59. The molecule has 10 heteroatoms. The van der Waals surface area contributed by atoms with Crippen LogP contribution in [0.25, 0.3) is 0 Å². The number of pyridine rings is 1. The number of carbonyl (C=O) groups excluding carboxylic acids is 1. The first-order valence-electron chi connectivity index (χ1n) is 8.58. The van der Waals surface area contributed by atoms with E-state index >= 15 is 0 Å². The first-order chi connectivity index (χ1) is 13.3. The van der Waals surface area contributed by atoms with Gasteiger partial charge in [-0.05, 0) is 37.1 Å². The fourth-order valence-corrected chi connectivity index (χ4v) is 4.95. The monoisotopic (exact) mass is 427 g/mol. The molecule has 3 rings (SSSR count). The number of nitrogens with one attached hydrogen (secondary N) is 1. The zero-order valence-electron chi connectivity index (χ0n) is 15.1. The number of piperidine rings is 1. The molecule has 1 saturated heterocycles. The Kier molecular flexibility index (Phi) is 6.17. The van der Waals surface area contributed by atoms with E-state index in [0.717, 1.165) is 0 Å². The maximum Gasteiger partial charge on any atom is 0.246 e. The van der Waals surface area contributed by atoms with Crippen molar-refractivity contribution in [3.05, 3.63) is 47.5 Å². The highest BCUT2D eigenvalue weighted by Crippen LogP contribution is 2.28. The Morgan fingerprint density at radius 1 is 1.32 bits per heavy atom. The van der Waals surface area contributed by atoms with Gasteiger partial charge in [-0.15, -0.1) is 0 Å². The van der Waals surface area contributed by atoms with Gasteiger partial charge in [-0.25, -0.2) is 17.8 Å². The average Bonchev–Trinajstić information content (AvgIpc) is 2.68. The minimum absolute atomic E-state index is 0.0479. The summed E-state index contributed by atoms with van der Waals surface area (Å²) in [6.07, 6.45) is 2.11. The molecular formula is C18H19ClFN3O4S. The zero-order valence-corrected chi connectivity index (χ0v) is 16.6. The van der Waals surface area contributed by atoms with E-state index < -0.39 is 15.8 Å². The predicted octanol–water partition coefficient (Wildman–Crippen LogP) is 2.92. The van der Waals surface area contributed by atoms with Gasteiger partial charge in [-0.3, -0.25) is 4.79 Å². The summed E-state index contributed by atoms with van der Waals surface area (Å²) in [6.45, 7) is 0.366. The summed E-state index contributed by atoms with van der Waals surface area (Å²) in [5.74, 6) is -1.14. The van der Waals surface area contributed by atoms with Gasteiger partial charge in [0.25, 0.3) is 0 Å². The third kappa shape index (κ3) is 4.26. The van der Waals surface area contributed by atoms with Crippen LogP contribution in [-0.2, 0) is 14.8 Å². The molecule has 0 atom stereocenters. The van der Waals surface area contributed by atoms with Crippen LogP contribution in [-0.4, -0.2) is 43.8 Å². The molecule has 0 bridgehead atoms. The smallest absolute Gasteiger partial charge is 0.246 e. The van der Waals surface area contributed by atoms with Gasteiger partial charge >= 0.3 is 0 Å². The summed E-state index contributed by atoms with van der Waals surface area (Å²) in [5.41, 5.74) is 0.320. The number of nitrogens with zero attached hydrogens (tertiary/aromatic N) is 2. The molecule has 2 heterocycles. The quantitative estimate of drug-likeness (QED) is 0.741. The second-order valence-electron chi connectivity index (χ2n) is 6.31. The molecule has 150 valence electrons. The largest absolute Gasteiger partial charge is 0.494 e. The summed E-state index contributed by atoms with van der Waals surface area (Å²) < 4.78 is 45.3. The fraction of sp³-hybridized carbons (Fsp3) is 0.333. The van der Waals surface area contributed by atoms with Crippen LogP contribution >= 0.6 is 11.6 Å². The highest BCUT2D eigenvalue weighted by molar-refractivity contribution is 7.89. The van der Waals surface area contributed by atoms with E-state index in [1.807, 2.05) is 0 Å². The molecule has 28 heavy (non-hydrogen) atoms. The Labute approximate surface area is 167 Å². The van der Waals surface area contributed by atoms with Crippen LogP contribution in [0.3, 0.4) is 0 Å². The molecule has 1 aliphatic heterocycles. The van der Waals surface area contributed by atoms with Crippen molar-refractivity contribution in [3.8, 4) is 5.75 Å². The highest BCUT2D eigenvalue weighted by atomic mass is 35.5. The van der Waals surface area contributed by atoms with Crippen molar-refractivity contribution in [1.29, 1.82) is 0 Å². The number of rotatable bonds is 5. The van der Waals surface area contributed by atoms with E-state index in [1.165, 1.54) is 41.9 Å². The lowest BCUT2D eigenvalue weighted by Gasteiger charge is -2.30. The van der Waals surface area contributed by atoms with Crippen molar-refractivity contribution in [1.82, 2.24) is 9.29 Å². The van der Waals surface area contributed by atoms with E-state index in [0.29, 0.717) is 18.5 Å². The predicted molar refractivity (Wildman–Crippen MR) is 102 cm³/mol. The molecule has 1 aromatic carbocycles. The summed E-state index contributed by atoms with van der Waals surface area (Å²) >= 11 is 5.91. The molecule has 0 unspecified atom stereocenters. The molecule has 0 spiro atoms. The van der Waals surface area contributed by atoms with Crippen molar-refractivity contribution in [2.75, 3.05) is 25.5 Å². The lowest BCUT2D eigenvalue weighted by molar-refractivity contribution is -0.120. The number of halogens is 2. The number of hydrogen-bond acceptors (Lipinski definition) is 5. The van der Waals surface area contributed by atoms with Gasteiger partial charge in [0.2, 0.25) is 15.9 Å². The highest BCUT2D eigenvalue weighted by Gasteiger charge is 2.33. The minimum Gasteiger partial charge on any atom is -0.494 e. The van der Waals surface area contributed by atoms with Gasteiger partial charge in [0.1, 0.15) is 10.0 Å². The van der Waals surface area contributed by atoms with Crippen molar-refractivity contribution >= 4 is 33.2 Å². The number of carbonyl (C=O) groups is 1. The van der Waals surface area contributed by atoms with E-state index in [2.05, 4.69) is 10.3 Å². The second-order valence-corrected chi connectivity index (χ2v) is 8.57. The van der Waals surface area contributed by atoms with Crippen LogP contribution in [0.1, 0.15) is 12.8 Å². The first-order valence-corrected chi connectivity index (χ1v) is 10.4. The molecule has 1 fully saturated rings. The van der Waals surface area contributed by atoms with Crippen molar-refractivity contribution < 1.29 is 22.3 Å². The molecule has 1 aromatic heterocycles. The van der Waals surface area contributed by atoms with Gasteiger partial charge < -0.3 is 10.1 Å². The third-order valence-corrected chi connectivity index (χ3v) is 6.93. The summed E-state index contributed by atoms with van der Waals surface area (Å²) in [4.78, 5) is 16.2. The van der Waals surface area contributed by atoms with E-state index in [-0.39, 0.29) is 40.7 Å². The molecular weight excluding hydrogens is 409 g/mol. The number of sulfonamides is 1. The van der Waals surface area contributed by atoms with Crippen LogP contribution < -0.4 is 10.1 Å². The summed E-state index contributed by atoms with van der Waals surface area (Å²) in [6, 6.07) is 7.07. The van der Waals surface area contributed by atoms with E-state index in [9.17, 15) is 17.6 Å².